The highest BCUT2D eigenvalue weighted by atomic mass is 35.5. The predicted octanol–water partition coefficient (Wildman–Crippen LogP) is 5.17. The number of nitrogens with one attached hydrogen (secondary N) is 1. The highest BCUT2D eigenvalue weighted by Gasteiger charge is 2.21. The van der Waals surface area contributed by atoms with Crippen LogP contribution in [-0.4, -0.2) is 50.6 Å². The van der Waals surface area contributed by atoms with Gasteiger partial charge in [0, 0.05) is 63.5 Å². The minimum atomic E-state index is -0.230. The summed E-state index contributed by atoms with van der Waals surface area (Å²) in [7, 11) is 1.98. The first-order chi connectivity index (χ1) is 15.6. The Morgan fingerprint density at radius 2 is 1.37 bits per heavy atom. The maximum atomic E-state index is 11.1. The van der Waals surface area contributed by atoms with Crippen LogP contribution in [0.4, 0.5) is 11.4 Å². The molecule has 5 nitrogen and oxygen atoms in total. The van der Waals surface area contributed by atoms with Crippen molar-refractivity contribution in [3.63, 3.8) is 0 Å². The van der Waals surface area contributed by atoms with Gasteiger partial charge in [-0.25, -0.2) is 0 Å². The van der Waals surface area contributed by atoms with E-state index in [0.29, 0.717) is 6.42 Å². The van der Waals surface area contributed by atoms with Crippen molar-refractivity contribution in [1.82, 2.24) is 4.90 Å². The molecule has 190 valence electrons. The standard InChI is InChI=1S/C27H32N4O.3ClH/c1-29-24-18-23(27(21-8-4-2-5-9-21)22-10-6-3-7-11-22)19-25(20-24)31-16-14-30(15-17-31)13-12-26(28)32;;;/h2-11,18-20,27,29H,12-17H2,1H3,(H2,28,32);3*1H. The molecular weight excluding hydrogens is 503 g/mol. The van der Waals surface area contributed by atoms with Gasteiger partial charge in [-0.05, 0) is 34.9 Å². The lowest BCUT2D eigenvalue weighted by atomic mass is 9.84. The van der Waals surface area contributed by atoms with Crippen molar-refractivity contribution < 1.29 is 4.79 Å². The highest BCUT2D eigenvalue weighted by molar-refractivity contribution is 5.86. The van der Waals surface area contributed by atoms with Crippen LogP contribution in [0.5, 0.6) is 0 Å². The van der Waals surface area contributed by atoms with Gasteiger partial charge in [-0.1, -0.05) is 60.7 Å². The van der Waals surface area contributed by atoms with Crippen LogP contribution in [0, 0.1) is 0 Å². The third-order valence-corrected chi connectivity index (χ3v) is 6.24. The fourth-order valence-corrected chi connectivity index (χ4v) is 4.49. The molecule has 0 unspecified atom stereocenters. The van der Waals surface area contributed by atoms with E-state index in [1.807, 2.05) is 7.05 Å². The molecule has 0 aliphatic carbocycles. The van der Waals surface area contributed by atoms with E-state index >= 15 is 0 Å². The summed E-state index contributed by atoms with van der Waals surface area (Å²) in [5.41, 5.74) is 11.5. The molecule has 1 saturated heterocycles. The van der Waals surface area contributed by atoms with E-state index in [0.717, 1.165) is 38.4 Å². The Hall–Kier alpha value is -2.44. The Morgan fingerprint density at radius 3 is 1.86 bits per heavy atom. The number of halogens is 3. The minimum absolute atomic E-state index is 0. The molecule has 1 fully saturated rings. The number of nitrogens with zero attached hydrogens (tertiary/aromatic N) is 2. The van der Waals surface area contributed by atoms with Crippen LogP contribution < -0.4 is 16.0 Å². The number of rotatable bonds is 8. The fourth-order valence-electron chi connectivity index (χ4n) is 4.49. The van der Waals surface area contributed by atoms with E-state index in [-0.39, 0.29) is 49.0 Å². The molecule has 0 radical (unpaired) electrons. The molecule has 0 aromatic heterocycles. The molecule has 3 aromatic carbocycles. The van der Waals surface area contributed by atoms with Crippen LogP contribution in [0.1, 0.15) is 29.0 Å². The SMILES string of the molecule is CNc1cc(C(c2ccccc2)c2ccccc2)cc(N2CCN(CCC(N)=O)CC2)c1.Cl.Cl.Cl. The number of hydrogen-bond acceptors (Lipinski definition) is 4. The van der Waals surface area contributed by atoms with E-state index in [1.54, 1.807) is 0 Å². The maximum Gasteiger partial charge on any atom is 0.218 e. The molecule has 0 spiro atoms. The van der Waals surface area contributed by atoms with E-state index < -0.39 is 0 Å². The van der Waals surface area contributed by atoms with Gasteiger partial charge in [0.05, 0.1) is 0 Å². The van der Waals surface area contributed by atoms with Gasteiger partial charge in [0.1, 0.15) is 0 Å². The van der Waals surface area contributed by atoms with Gasteiger partial charge in [0.15, 0.2) is 0 Å². The zero-order valence-corrected chi connectivity index (χ0v) is 22.4. The van der Waals surface area contributed by atoms with Crippen molar-refractivity contribution in [1.29, 1.82) is 0 Å². The largest absolute Gasteiger partial charge is 0.388 e. The summed E-state index contributed by atoms with van der Waals surface area (Å²) < 4.78 is 0. The summed E-state index contributed by atoms with van der Waals surface area (Å²) >= 11 is 0. The Kier molecular flexibility index (Phi) is 13.0. The summed E-state index contributed by atoms with van der Waals surface area (Å²) in [5, 5.41) is 3.36. The zero-order valence-electron chi connectivity index (χ0n) is 19.9. The average Bonchev–Trinajstić information content (AvgIpc) is 2.84. The van der Waals surface area contributed by atoms with Crippen LogP contribution in [0.15, 0.2) is 78.9 Å². The van der Waals surface area contributed by atoms with E-state index in [2.05, 4.69) is 94.0 Å². The van der Waals surface area contributed by atoms with Gasteiger partial charge in [-0.2, -0.15) is 0 Å². The van der Waals surface area contributed by atoms with E-state index in [9.17, 15) is 4.79 Å². The van der Waals surface area contributed by atoms with Crippen molar-refractivity contribution in [2.75, 3.05) is 50.0 Å². The highest BCUT2D eigenvalue weighted by Crippen LogP contribution is 2.36. The smallest absolute Gasteiger partial charge is 0.218 e. The normalized spacial score (nSPS) is 13.3. The third-order valence-electron chi connectivity index (χ3n) is 6.24. The van der Waals surface area contributed by atoms with E-state index in [4.69, 9.17) is 5.73 Å². The first-order valence-electron chi connectivity index (χ1n) is 11.3. The van der Waals surface area contributed by atoms with Gasteiger partial charge in [-0.15, -0.1) is 37.2 Å². The fraction of sp³-hybridized carbons (Fsp3) is 0.296. The maximum absolute atomic E-state index is 11.1. The summed E-state index contributed by atoms with van der Waals surface area (Å²) in [6.07, 6.45) is 0.426. The molecule has 0 bridgehead atoms. The molecule has 0 saturated carbocycles. The van der Waals surface area contributed by atoms with Crippen molar-refractivity contribution in [3.05, 3.63) is 95.6 Å². The second-order valence-corrected chi connectivity index (χ2v) is 8.36. The lowest BCUT2D eigenvalue weighted by Gasteiger charge is -2.36. The Morgan fingerprint density at radius 1 is 0.829 bits per heavy atom. The number of carbonyl (C=O) groups excluding carboxylic acids is 1. The summed E-state index contributed by atoms with van der Waals surface area (Å²) in [6, 6.07) is 28.2. The second-order valence-electron chi connectivity index (χ2n) is 8.36. The molecule has 0 atom stereocenters. The number of amides is 1. The molecule has 3 aromatic rings. The molecule has 4 rings (SSSR count). The van der Waals surface area contributed by atoms with Crippen LogP contribution in [0.25, 0.3) is 0 Å². The quantitative estimate of drug-likeness (QED) is 0.389. The number of nitrogens with two attached hydrogens (primary N) is 1. The first-order valence-corrected chi connectivity index (χ1v) is 11.3. The predicted molar refractivity (Wildman–Crippen MR) is 154 cm³/mol. The van der Waals surface area contributed by atoms with E-state index in [1.165, 1.54) is 22.4 Å². The lowest BCUT2D eigenvalue weighted by molar-refractivity contribution is -0.118. The van der Waals surface area contributed by atoms with Crippen molar-refractivity contribution in [2.45, 2.75) is 12.3 Å². The molecule has 1 heterocycles. The van der Waals surface area contributed by atoms with Crippen molar-refractivity contribution in [2.24, 2.45) is 5.73 Å². The van der Waals surface area contributed by atoms with Gasteiger partial charge in [0.25, 0.3) is 0 Å². The van der Waals surface area contributed by atoms with Crippen LogP contribution in [0.3, 0.4) is 0 Å². The van der Waals surface area contributed by atoms with Crippen LogP contribution >= 0.6 is 37.2 Å². The number of benzene rings is 3. The zero-order chi connectivity index (χ0) is 22.3. The molecule has 3 N–H and O–H groups in total. The number of hydrogen-bond donors (Lipinski definition) is 2. The molecule has 35 heavy (non-hydrogen) atoms. The topological polar surface area (TPSA) is 61.6 Å². The third kappa shape index (κ3) is 8.04. The Balaban J connectivity index is 0.00000204. The first kappa shape index (κ1) is 30.6. The second kappa shape index (κ2) is 14.8. The van der Waals surface area contributed by atoms with Crippen LogP contribution in [-0.2, 0) is 4.79 Å². The average molecular weight is 538 g/mol. The number of carbonyl (C=O) groups is 1. The molecular formula is C27H35Cl3N4O. The number of anilines is 2. The monoisotopic (exact) mass is 536 g/mol. The molecule has 1 aliphatic heterocycles. The number of piperazine rings is 1. The summed E-state index contributed by atoms with van der Waals surface area (Å²) in [6.45, 7) is 4.49. The van der Waals surface area contributed by atoms with Crippen molar-refractivity contribution >= 4 is 54.5 Å². The summed E-state index contributed by atoms with van der Waals surface area (Å²) in [5.74, 6) is -0.0621. The van der Waals surface area contributed by atoms with Gasteiger partial charge >= 0.3 is 0 Å². The van der Waals surface area contributed by atoms with Crippen LogP contribution in [0.2, 0.25) is 0 Å². The lowest BCUT2D eigenvalue weighted by Crippen LogP contribution is -2.47. The minimum Gasteiger partial charge on any atom is -0.388 e. The Labute approximate surface area is 227 Å². The van der Waals surface area contributed by atoms with Gasteiger partial charge < -0.3 is 16.0 Å². The van der Waals surface area contributed by atoms with Gasteiger partial charge in [0.2, 0.25) is 5.91 Å². The molecule has 1 aliphatic rings. The Bertz CT molecular complexity index is 990. The molecule has 8 heteroatoms. The molecule has 1 amide bonds. The summed E-state index contributed by atoms with van der Waals surface area (Å²) in [4.78, 5) is 15.9. The number of primary amides is 1. The van der Waals surface area contributed by atoms with Gasteiger partial charge in [-0.3, -0.25) is 9.69 Å². The van der Waals surface area contributed by atoms with Crippen molar-refractivity contribution in [3.8, 4) is 0 Å².